The van der Waals surface area contributed by atoms with Crippen LogP contribution >= 0.6 is 0 Å². The maximum absolute atomic E-state index is 11.2. The van der Waals surface area contributed by atoms with Crippen LogP contribution in [0.2, 0.25) is 0 Å². The number of carbonyl (C=O) groups is 1. The molecular weight excluding hydrogens is 180 g/mol. The average Bonchev–Trinajstić information content (AvgIpc) is 2.08. The first-order valence-electron chi connectivity index (χ1n) is 5.19. The van der Waals surface area contributed by atoms with Gasteiger partial charge in [-0.1, -0.05) is 27.7 Å². The Hall–Kier alpha value is -0.570. The van der Waals surface area contributed by atoms with E-state index in [1.807, 2.05) is 27.7 Å². The van der Waals surface area contributed by atoms with E-state index >= 15 is 0 Å². The highest BCUT2D eigenvalue weighted by Crippen LogP contribution is 2.13. The van der Waals surface area contributed by atoms with Gasteiger partial charge in [0.25, 0.3) is 0 Å². The second kappa shape index (κ2) is 6.82. The van der Waals surface area contributed by atoms with E-state index in [4.69, 9.17) is 9.47 Å². The average molecular weight is 202 g/mol. The van der Waals surface area contributed by atoms with E-state index < -0.39 is 0 Å². The lowest BCUT2D eigenvalue weighted by molar-refractivity contribution is -0.147. The fourth-order valence-corrected chi connectivity index (χ4v) is 0.771. The van der Waals surface area contributed by atoms with E-state index in [1.165, 1.54) is 0 Å². The van der Waals surface area contributed by atoms with E-state index in [2.05, 4.69) is 0 Å². The number of hydrogen-bond acceptors (Lipinski definition) is 3. The summed E-state index contributed by atoms with van der Waals surface area (Å²) in [5.41, 5.74) is 0.0416. The molecule has 0 fully saturated rings. The molecule has 0 bridgehead atoms. The highest BCUT2D eigenvalue weighted by molar-refractivity contribution is 5.69. The summed E-state index contributed by atoms with van der Waals surface area (Å²) in [6.07, 6.45) is 1.34. The normalized spacial score (nSPS) is 11.4. The Labute approximate surface area is 86.8 Å². The summed E-state index contributed by atoms with van der Waals surface area (Å²) in [7, 11) is 0. The lowest BCUT2D eigenvalue weighted by atomic mass is 9.99. The van der Waals surface area contributed by atoms with Gasteiger partial charge >= 0.3 is 5.97 Å². The lowest BCUT2D eigenvalue weighted by Gasteiger charge is -2.17. The Morgan fingerprint density at radius 2 is 1.86 bits per heavy atom. The number of ether oxygens (including phenoxy) is 2. The summed E-state index contributed by atoms with van der Waals surface area (Å²) >= 11 is 0. The molecule has 0 saturated carbocycles. The summed E-state index contributed by atoms with van der Waals surface area (Å²) in [6.45, 7) is 9.80. The van der Waals surface area contributed by atoms with Crippen LogP contribution in [-0.4, -0.2) is 25.8 Å². The predicted molar refractivity (Wildman–Crippen MR) is 56.1 cm³/mol. The van der Waals surface area contributed by atoms with Crippen LogP contribution in [0.15, 0.2) is 0 Å². The van der Waals surface area contributed by atoms with Crippen LogP contribution in [0.25, 0.3) is 0 Å². The molecule has 14 heavy (non-hydrogen) atoms. The van der Waals surface area contributed by atoms with Crippen LogP contribution < -0.4 is 0 Å². The van der Waals surface area contributed by atoms with Gasteiger partial charge in [-0.2, -0.15) is 0 Å². The monoisotopic (exact) mass is 202 g/mol. The molecule has 0 heterocycles. The Kier molecular flexibility index (Phi) is 6.54. The Balaban J connectivity index is 3.38. The Morgan fingerprint density at radius 1 is 1.21 bits per heavy atom. The van der Waals surface area contributed by atoms with Crippen LogP contribution in [0.4, 0.5) is 0 Å². The van der Waals surface area contributed by atoms with Crippen LogP contribution in [-0.2, 0) is 14.3 Å². The van der Waals surface area contributed by atoms with E-state index in [-0.39, 0.29) is 11.4 Å². The van der Waals surface area contributed by atoms with Gasteiger partial charge < -0.3 is 9.47 Å². The first-order valence-corrected chi connectivity index (χ1v) is 5.19. The number of esters is 1. The molecule has 0 N–H and O–H groups in total. The third kappa shape index (κ3) is 9.52. The zero-order valence-corrected chi connectivity index (χ0v) is 9.76. The highest BCUT2D eigenvalue weighted by Gasteiger charge is 2.13. The minimum Gasteiger partial charge on any atom is -0.465 e. The molecule has 0 aliphatic rings. The van der Waals surface area contributed by atoms with Gasteiger partial charge in [0.2, 0.25) is 0 Å². The van der Waals surface area contributed by atoms with Crippen LogP contribution in [0, 0.1) is 5.41 Å². The number of carbonyl (C=O) groups excluding carboxylic acids is 1. The summed E-state index contributed by atoms with van der Waals surface area (Å²) < 4.78 is 10.3. The van der Waals surface area contributed by atoms with Gasteiger partial charge in [0.1, 0.15) is 0 Å². The molecule has 0 unspecified atom stereocenters. The van der Waals surface area contributed by atoms with Gasteiger partial charge in [0, 0.05) is 6.61 Å². The van der Waals surface area contributed by atoms with Crippen LogP contribution in [0.5, 0.6) is 0 Å². The van der Waals surface area contributed by atoms with Gasteiger partial charge in [-0.05, 0) is 11.8 Å². The third-order valence-corrected chi connectivity index (χ3v) is 1.47. The molecule has 0 aliphatic heterocycles. The Bertz CT molecular complexity index is 158. The van der Waals surface area contributed by atoms with Gasteiger partial charge in [-0.25, -0.2) is 0 Å². The summed E-state index contributed by atoms with van der Waals surface area (Å²) in [4.78, 5) is 11.2. The molecule has 0 aromatic heterocycles. The van der Waals surface area contributed by atoms with Crippen molar-refractivity contribution in [2.45, 2.75) is 40.5 Å². The molecule has 0 aromatic carbocycles. The molecular formula is C11H22O3. The standard InChI is InChI=1S/C11H22O3/c1-5-7-13-8-6-10(12)14-9-11(2,3)4/h5-9H2,1-4H3. The van der Waals surface area contributed by atoms with Crippen molar-refractivity contribution in [1.29, 1.82) is 0 Å². The summed E-state index contributed by atoms with van der Waals surface area (Å²) in [6, 6.07) is 0. The number of hydrogen-bond donors (Lipinski definition) is 0. The summed E-state index contributed by atoms with van der Waals surface area (Å²) in [5, 5.41) is 0. The van der Waals surface area contributed by atoms with Crippen molar-refractivity contribution >= 4 is 5.97 Å². The van der Waals surface area contributed by atoms with E-state index in [1.54, 1.807) is 0 Å². The smallest absolute Gasteiger partial charge is 0.308 e. The molecule has 0 radical (unpaired) electrons. The van der Waals surface area contributed by atoms with Crippen molar-refractivity contribution in [1.82, 2.24) is 0 Å². The van der Waals surface area contributed by atoms with Crippen molar-refractivity contribution < 1.29 is 14.3 Å². The highest BCUT2D eigenvalue weighted by atomic mass is 16.5. The molecule has 0 atom stereocenters. The van der Waals surface area contributed by atoms with Gasteiger partial charge in [-0.15, -0.1) is 0 Å². The van der Waals surface area contributed by atoms with E-state index in [0.29, 0.717) is 26.2 Å². The van der Waals surface area contributed by atoms with Gasteiger partial charge in [0.05, 0.1) is 19.6 Å². The van der Waals surface area contributed by atoms with Crippen LogP contribution in [0.3, 0.4) is 0 Å². The molecule has 0 amide bonds. The van der Waals surface area contributed by atoms with Crippen molar-refractivity contribution in [3.63, 3.8) is 0 Å². The fourth-order valence-electron chi connectivity index (χ4n) is 0.771. The largest absolute Gasteiger partial charge is 0.465 e. The molecule has 3 nitrogen and oxygen atoms in total. The second-order valence-corrected chi connectivity index (χ2v) is 4.58. The van der Waals surface area contributed by atoms with Crippen molar-refractivity contribution in [2.75, 3.05) is 19.8 Å². The molecule has 0 aromatic rings. The van der Waals surface area contributed by atoms with Crippen molar-refractivity contribution in [2.24, 2.45) is 5.41 Å². The van der Waals surface area contributed by atoms with E-state index in [9.17, 15) is 4.79 Å². The topological polar surface area (TPSA) is 35.5 Å². The summed E-state index contributed by atoms with van der Waals surface area (Å²) in [5.74, 6) is -0.170. The maximum Gasteiger partial charge on any atom is 0.308 e. The first-order chi connectivity index (χ1) is 6.45. The SMILES string of the molecule is CCCOCCC(=O)OCC(C)(C)C. The quantitative estimate of drug-likeness (QED) is 0.490. The fraction of sp³-hybridized carbons (Fsp3) is 0.909. The van der Waals surface area contributed by atoms with Crippen molar-refractivity contribution in [3.8, 4) is 0 Å². The second-order valence-electron chi connectivity index (χ2n) is 4.58. The first kappa shape index (κ1) is 13.4. The zero-order chi connectivity index (χ0) is 11.0. The third-order valence-electron chi connectivity index (χ3n) is 1.47. The zero-order valence-electron chi connectivity index (χ0n) is 9.76. The molecule has 3 heteroatoms. The molecule has 0 rings (SSSR count). The number of rotatable bonds is 6. The predicted octanol–water partition coefficient (Wildman–Crippen LogP) is 2.39. The van der Waals surface area contributed by atoms with Gasteiger partial charge in [-0.3, -0.25) is 4.79 Å². The van der Waals surface area contributed by atoms with Crippen molar-refractivity contribution in [3.05, 3.63) is 0 Å². The molecule has 0 aliphatic carbocycles. The molecule has 0 saturated heterocycles. The molecule has 0 spiro atoms. The lowest BCUT2D eigenvalue weighted by Crippen LogP contribution is -2.19. The van der Waals surface area contributed by atoms with Crippen LogP contribution in [0.1, 0.15) is 40.5 Å². The van der Waals surface area contributed by atoms with Gasteiger partial charge in [0.15, 0.2) is 0 Å². The Morgan fingerprint density at radius 3 is 2.36 bits per heavy atom. The molecule has 84 valence electrons. The minimum atomic E-state index is -0.170. The van der Waals surface area contributed by atoms with E-state index in [0.717, 1.165) is 6.42 Å². The minimum absolute atomic E-state index is 0.0416. The maximum atomic E-state index is 11.2.